The van der Waals surface area contributed by atoms with Gasteiger partial charge in [-0.2, -0.15) is 0 Å². The van der Waals surface area contributed by atoms with Gasteiger partial charge in [-0.05, 0) is 43.0 Å². The van der Waals surface area contributed by atoms with Crippen molar-refractivity contribution >= 4 is 18.0 Å². The third-order valence-electron chi connectivity index (χ3n) is 6.28. The Labute approximate surface area is 154 Å². The van der Waals surface area contributed by atoms with Crippen molar-refractivity contribution in [3.63, 3.8) is 0 Å². The first kappa shape index (κ1) is 18.5. The van der Waals surface area contributed by atoms with Crippen molar-refractivity contribution in [2.45, 2.75) is 38.5 Å². The molecule has 26 heavy (non-hydrogen) atoms. The average molecular weight is 358 g/mol. The summed E-state index contributed by atoms with van der Waals surface area (Å²) in [5.41, 5.74) is 1.69. The van der Waals surface area contributed by atoms with Crippen molar-refractivity contribution in [1.29, 1.82) is 0 Å². The van der Waals surface area contributed by atoms with Gasteiger partial charge >= 0.3 is 11.9 Å². The molecule has 0 heterocycles. The quantitative estimate of drug-likeness (QED) is 0.770. The summed E-state index contributed by atoms with van der Waals surface area (Å²) in [6.07, 6.45) is 6.80. The van der Waals surface area contributed by atoms with Crippen LogP contribution in [0.15, 0.2) is 18.2 Å². The summed E-state index contributed by atoms with van der Waals surface area (Å²) < 4.78 is 15.5. The maximum atomic E-state index is 12.6. The minimum Gasteiger partial charge on any atom is -0.496 e. The Morgan fingerprint density at radius 3 is 2.42 bits per heavy atom. The van der Waals surface area contributed by atoms with Gasteiger partial charge < -0.3 is 14.2 Å². The zero-order valence-electron chi connectivity index (χ0n) is 16.0. The van der Waals surface area contributed by atoms with Crippen LogP contribution < -0.4 is 4.74 Å². The SMILES string of the molecule is COC(=O)c1cc2c(cc1OC)[C@@]1(C)CCC[C@](C)(C(=O)OC)[C@@H]1C=C2. The molecule has 1 saturated carbocycles. The zero-order valence-corrected chi connectivity index (χ0v) is 16.0. The van der Waals surface area contributed by atoms with Crippen molar-refractivity contribution in [3.05, 3.63) is 34.9 Å². The molecule has 5 nitrogen and oxygen atoms in total. The molecule has 0 amide bonds. The summed E-state index contributed by atoms with van der Waals surface area (Å²) in [5, 5.41) is 0. The first-order valence-corrected chi connectivity index (χ1v) is 8.89. The van der Waals surface area contributed by atoms with Gasteiger partial charge in [0.25, 0.3) is 0 Å². The Kier molecular flexibility index (Phi) is 4.59. The summed E-state index contributed by atoms with van der Waals surface area (Å²) in [6.45, 7) is 4.19. The van der Waals surface area contributed by atoms with E-state index in [4.69, 9.17) is 14.2 Å². The topological polar surface area (TPSA) is 61.8 Å². The van der Waals surface area contributed by atoms with Gasteiger partial charge in [0.2, 0.25) is 0 Å². The van der Waals surface area contributed by atoms with E-state index in [1.807, 2.05) is 25.1 Å². The summed E-state index contributed by atoms with van der Waals surface area (Å²) in [6, 6.07) is 3.75. The monoisotopic (exact) mass is 358 g/mol. The van der Waals surface area contributed by atoms with Crippen LogP contribution in [-0.2, 0) is 19.7 Å². The first-order valence-electron chi connectivity index (χ1n) is 8.89. The molecule has 0 aliphatic heterocycles. The van der Waals surface area contributed by atoms with Crippen molar-refractivity contribution in [1.82, 2.24) is 0 Å². The van der Waals surface area contributed by atoms with Gasteiger partial charge in [-0.3, -0.25) is 4.79 Å². The standard InChI is InChI=1S/C21H26O5/c1-20-9-6-10-21(2,19(23)26-5)17(20)8-7-13-11-14(18(22)25-4)16(24-3)12-15(13)20/h7-8,11-12,17H,6,9-10H2,1-5H3/t17-,20-,21+/m1/s1. The smallest absolute Gasteiger partial charge is 0.341 e. The minimum absolute atomic E-state index is 0.0254. The summed E-state index contributed by atoms with van der Waals surface area (Å²) in [5.74, 6) is -0.0679. The van der Waals surface area contributed by atoms with Gasteiger partial charge in [0, 0.05) is 11.3 Å². The Hall–Kier alpha value is -2.30. The van der Waals surface area contributed by atoms with Crippen LogP contribution in [0.3, 0.4) is 0 Å². The molecule has 0 bridgehead atoms. The normalized spacial score (nSPS) is 29.3. The Morgan fingerprint density at radius 2 is 1.81 bits per heavy atom. The van der Waals surface area contributed by atoms with Gasteiger partial charge in [-0.15, -0.1) is 0 Å². The average Bonchev–Trinajstić information content (AvgIpc) is 2.65. The number of hydrogen-bond donors (Lipinski definition) is 0. The van der Waals surface area contributed by atoms with Crippen LogP contribution in [0.25, 0.3) is 6.08 Å². The van der Waals surface area contributed by atoms with Gasteiger partial charge in [-0.25, -0.2) is 4.79 Å². The van der Waals surface area contributed by atoms with Gasteiger partial charge in [-0.1, -0.05) is 25.5 Å². The summed E-state index contributed by atoms with van der Waals surface area (Å²) >= 11 is 0. The molecule has 0 unspecified atom stereocenters. The van der Waals surface area contributed by atoms with E-state index in [1.165, 1.54) is 14.2 Å². The fourth-order valence-electron chi connectivity index (χ4n) is 4.89. The van der Waals surface area contributed by atoms with Crippen molar-refractivity contribution in [2.75, 3.05) is 21.3 Å². The largest absolute Gasteiger partial charge is 0.496 e. The molecule has 0 aromatic heterocycles. The van der Waals surface area contributed by atoms with Crippen LogP contribution in [0.4, 0.5) is 0 Å². The molecule has 3 rings (SSSR count). The number of carbonyl (C=O) groups excluding carboxylic acids is 2. The lowest BCUT2D eigenvalue weighted by molar-refractivity contribution is -0.158. The van der Waals surface area contributed by atoms with E-state index >= 15 is 0 Å². The third-order valence-corrected chi connectivity index (χ3v) is 6.28. The highest BCUT2D eigenvalue weighted by Crippen LogP contribution is 2.57. The molecule has 2 aliphatic carbocycles. The molecule has 1 fully saturated rings. The number of allylic oxidation sites excluding steroid dienone is 1. The number of benzene rings is 1. The maximum Gasteiger partial charge on any atom is 0.341 e. The van der Waals surface area contributed by atoms with Crippen LogP contribution in [0.1, 0.15) is 54.6 Å². The second-order valence-corrected chi connectivity index (χ2v) is 7.65. The number of carbonyl (C=O) groups is 2. The fourth-order valence-corrected chi connectivity index (χ4v) is 4.89. The minimum atomic E-state index is -0.565. The second kappa shape index (κ2) is 6.45. The summed E-state index contributed by atoms with van der Waals surface area (Å²) in [4.78, 5) is 24.6. The number of ether oxygens (including phenoxy) is 3. The number of hydrogen-bond acceptors (Lipinski definition) is 5. The zero-order chi connectivity index (χ0) is 19.1. The van der Waals surface area contributed by atoms with E-state index in [0.29, 0.717) is 11.3 Å². The molecule has 2 aliphatic rings. The molecule has 0 radical (unpaired) electrons. The molecular formula is C21H26O5. The molecule has 1 aromatic rings. The molecule has 0 N–H and O–H groups in total. The lowest BCUT2D eigenvalue weighted by Gasteiger charge is -2.51. The van der Waals surface area contributed by atoms with Crippen LogP contribution >= 0.6 is 0 Å². The van der Waals surface area contributed by atoms with E-state index in [2.05, 4.69) is 13.0 Å². The second-order valence-electron chi connectivity index (χ2n) is 7.65. The van der Waals surface area contributed by atoms with Gasteiger partial charge in [0.15, 0.2) is 0 Å². The number of fused-ring (bicyclic) bond motifs is 3. The van der Waals surface area contributed by atoms with Crippen LogP contribution in [-0.4, -0.2) is 33.3 Å². The van der Waals surface area contributed by atoms with Gasteiger partial charge in [0.1, 0.15) is 11.3 Å². The number of methoxy groups -OCH3 is 3. The fraction of sp³-hybridized carbons (Fsp3) is 0.524. The highest BCUT2D eigenvalue weighted by Gasteiger charge is 2.54. The first-order chi connectivity index (χ1) is 12.3. The van der Waals surface area contributed by atoms with E-state index in [0.717, 1.165) is 30.4 Å². The van der Waals surface area contributed by atoms with Crippen LogP contribution in [0.5, 0.6) is 5.75 Å². The molecular weight excluding hydrogens is 332 g/mol. The van der Waals surface area contributed by atoms with E-state index in [-0.39, 0.29) is 17.3 Å². The molecule has 3 atom stereocenters. The predicted octanol–water partition coefficient (Wildman–Crippen LogP) is 3.75. The lowest BCUT2D eigenvalue weighted by Crippen LogP contribution is -2.51. The van der Waals surface area contributed by atoms with Crippen LogP contribution in [0.2, 0.25) is 0 Å². The highest BCUT2D eigenvalue weighted by atomic mass is 16.5. The Bertz CT molecular complexity index is 781. The van der Waals surface area contributed by atoms with Crippen molar-refractivity contribution in [2.24, 2.45) is 11.3 Å². The van der Waals surface area contributed by atoms with Gasteiger partial charge in [0.05, 0.1) is 26.7 Å². The summed E-state index contributed by atoms with van der Waals surface area (Å²) in [7, 11) is 4.36. The maximum absolute atomic E-state index is 12.6. The molecule has 140 valence electrons. The van der Waals surface area contributed by atoms with E-state index < -0.39 is 11.4 Å². The molecule has 0 saturated heterocycles. The predicted molar refractivity (Wildman–Crippen MR) is 98.2 cm³/mol. The molecule has 0 spiro atoms. The highest BCUT2D eigenvalue weighted by molar-refractivity contribution is 5.94. The van der Waals surface area contributed by atoms with Crippen molar-refractivity contribution in [3.8, 4) is 5.75 Å². The Balaban J connectivity index is 2.16. The molecule has 5 heteroatoms. The van der Waals surface area contributed by atoms with E-state index in [1.54, 1.807) is 7.11 Å². The molecule has 1 aromatic carbocycles. The van der Waals surface area contributed by atoms with E-state index in [9.17, 15) is 9.59 Å². The van der Waals surface area contributed by atoms with Crippen LogP contribution in [0, 0.1) is 11.3 Å². The number of rotatable bonds is 3. The van der Waals surface area contributed by atoms with Crippen molar-refractivity contribution < 1.29 is 23.8 Å². The number of esters is 2. The lowest BCUT2D eigenvalue weighted by atomic mass is 9.51. The third kappa shape index (κ3) is 2.52. The Morgan fingerprint density at radius 1 is 1.08 bits per heavy atom.